The summed E-state index contributed by atoms with van der Waals surface area (Å²) in [6, 6.07) is 9.37. The molecule has 0 saturated carbocycles. The summed E-state index contributed by atoms with van der Waals surface area (Å²) >= 11 is 1.01. The number of benzene rings is 2. The molecule has 13 heteroatoms. The molecular formula is C19H16F3N5O4S. The monoisotopic (exact) mass is 467 g/mol. The van der Waals surface area contributed by atoms with Crippen molar-refractivity contribution >= 4 is 23.4 Å². The lowest BCUT2D eigenvalue weighted by Gasteiger charge is -2.20. The number of ether oxygens (including phenoxy) is 1. The maximum Gasteiger partial charge on any atom is 0.573 e. The summed E-state index contributed by atoms with van der Waals surface area (Å²) < 4.78 is 43.5. The number of alkyl halides is 3. The quantitative estimate of drug-likeness (QED) is 0.382. The number of nitro benzene ring substituents is 1. The van der Waals surface area contributed by atoms with Gasteiger partial charge in [-0.25, -0.2) is 0 Å². The Morgan fingerprint density at radius 1 is 1.28 bits per heavy atom. The highest BCUT2D eigenvalue weighted by molar-refractivity contribution is 7.99. The number of carbonyl (C=O) groups excluding carboxylic acids is 1. The van der Waals surface area contributed by atoms with Crippen molar-refractivity contribution in [2.45, 2.75) is 23.0 Å². The highest BCUT2D eigenvalue weighted by Gasteiger charge is 2.32. The number of aryl methyl sites for hydroxylation is 1. The lowest BCUT2D eigenvalue weighted by atomic mass is 10.1. The molecule has 1 amide bonds. The van der Waals surface area contributed by atoms with Gasteiger partial charge >= 0.3 is 6.36 Å². The van der Waals surface area contributed by atoms with Crippen LogP contribution in [0, 0.1) is 10.1 Å². The van der Waals surface area contributed by atoms with Crippen LogP contribution in [0.1, 0.15) is 15.9 Å². The van der Waals surface area contributed by atoms with Gasteiger partial charge in [0, 0.05) is 37.8 Å². The standard InChI is InChI=1S/C19H16F3N5O4S/c1-25(10-13-5-3-4-6-15(13)31-19(20,21)22)17(28)12-7-8-16(14(9-12)27(29)30)32-18-24-23-11-26(18)2/h3-9,11H,10H2,1-2H3. The maximum atomic E-state index is 12.8. The summed E-state index contributed by atoms with van der Waals surface area (Å²) in [4.78, 5) is 25.1. The molecule has 32 heavy (non-hydrogen) atoms. The molecule has 168 valence electrons. The third kappa shape index (κ3) is 5.55. The van der Waals surface area contributed by atoms with Crippen molar-refractivity contribution in [2.24, 2.45) is 7.05 Å². The minimum atomic E-state index is -4.88. The zero-order valence-corrected chi connectivity index (χ0v) is 17.6. The fourth-order valence-electron chi connectivity index (χ4n) is 2.75. The zero-order chi connectivity index (χ0) is 23.5. The van der Waals surface area contributed by atoms with Gasteiger partial charge in [0.05, 0.1) is 9.82 Å². The topological polar surface area (TPSA) is 103 Å². The van der Waals surface area contributed by atoms with E-state index in [1.165, 1.54) is 43.7 Å². The van der Waals surface area contributed by atoms with Crippen molar-refractivity contribution in [1.29, 1.82) is 0 Å². The van der Waals surface area contributed by atoms with E-state index in [1.807, 2.05) is 0 Å². The van der Waals surface area contributed by atoms with Crippen LogP contribution in [0.25, 0.3) is 0 Å². The van der Waals surface area contributed by atoms with Gasteiger partial charge in [-0.1, -0.05) is 18.2 Å². The Balaban J connectivity index is 1.82. The van der Waals surface area contributed by atoms with Crippen molar-refractivity contribution in [3.8, 4) is 5.75 Å². The Hall–Kier alpha value is -3.61. The van der Waals surface area contributed by atoms with E-state index in [-0.39, 0.29) is 28.3 Å². The first-order valence-electron chi connectivity index (χ1n) is 8.94. The van der Waals surface area contributed by atoms with Gasteiger partial charge in [-0.2, -0.15) is 0 Å². The van der Waals surface area contributed by atoms with Gasteiger partial charge in [-0.15, -0.1) is 23.4 Å². The third-order valence-electron chi connectivity index (χ3n) is 4.23. The fraction of sp³-hybridized carbons (Fsp3) is 0.211. The van der Waals surface area contributed by atoms with Crippen molar-refractivity contribution in [3.05, 3.63) is 70.0 Å². The summed E-state index contributed by atoms with van der Waals surface area (Å²) in [5.41, 5.74) is -0.168. The first-order chi connectivity index (χ1) is 15.0. The molecule has 0 spiro atoms. The van der Waals surface area contributed by atoms with Gasteiger partial charge in [0.2, 0.25) is 0 Å². The minimum Gasteiger partial charge on any atom is -0.405 e. The van der Waals surface area contributed by atoms with E-state index in [1.54, 1.807) is 11.6 Å². The van der Waals surface area contributed by atoms with E-state index in [4.69, 9.17) is 0 Å². The average molecular weight is 467 g/mol. The van der Waals surface area contributed by atoms with Crippen LogP contribution in [0.3, 0.4) is 0 Å². The van der Waals surface area contributed by atoms with Gasteiger partial charge in [0.15, 0.2) is 5.16 Å². The van der Waals surface area contributed by atoms with Crippen molar-refractivity contribution < 1.29 is 27.6 Å². The van der Waals surface area contributed by atoms with E-state index in [2.05, 4.69) is 14.9 Å². The maximum absolute atomic E-state index is 12.8. The lowest BCUT2D eigenvalue weighted by molar-refractivity contribution is -0.387. The number of rotatable bonds is 7. The number of nitrogens with zero attached hydrogens (tertiary/aromatic N) is 5. The van der Waals surface area contributed by atoms with E-state index in [9.17, 15) is 28.1 Å². The van der Waals surface area contributed by atoms with Gasteiger partial charge < -0.3 is 14.2 Å². The molecule has 0 aliphatic heterocycles. The van der Waals surface area contributed by atoms with E-state index >= 15 is 0 Å². The van der Waals surface area contributed by atoms with Crippen LogP contribution in [0.4, 0.5) is 18.9 Å². The molecule has 0 fully saturated rings. The second kappa shape index (κ2) is 9.26. The van der Waals surface area contributed by atoms with Crippen LogP contribution in [0.15, 0.2) is 58.8 Å². The number of hydrogen-bond donors (Lipinski definition) is 0. The SMILES string of the molecule is CN(Cc1ccccc1OC(F)(F)F)C(=O)c1ccc(Sc2nncn2C)c([N+](=O)[O-])c1. The van der Waals surface area contributed by atoms with E-state index in [0.29, 0.717) is 5.16 Å². The number of hydrogen-bond acceptors (Lipinski definition) is 7. The molecule has 0 N–H and O–H groups in total. The Bertz CT molecular complexity index is 1150. The molecule has 0 atom stereocenters. The second-order valence-corrected chi connectivity index (χ2v) is 7.59. The molecule has 0 radical (unpaired) electrons. The number of halogens is 3. The van der Waals surface area contributed by atoms with Crippen LogP contribution in [-0.2, 0) is 13.6 Å². The lowest BCUT2D eigenvalue weighted by Crippen LogP contribution is -2.27. The van der Waals surface area contributed by atoms with Crippen molar-refractivity contribution in [3.63, 3.8) is 0 Å². The number of aromatic nitrogens is 3. The minimum absolute atomic E-state index is 0.00994. The molecule has 3 aromatic rings. The first kappa shape index (κ1) is 23.1. The summed E-state index contributed by atoms with van der Waals surface area (Å²) in [5.74, 6) is -1.04. The highest BCUT2D eigenvalue weighted by Crippen LogP contribution is 2.34. The molecule has 0 saturated heterocycles. The fourth-order valence-corrected chi connectivity index (χ4v) is 3.60. The van der Waals surface area contributed by atoms with Crippen LogP contribution < -0.4 is 4.74 Å². The van der Waals surface area contributed by atoms with Gasteiger partial charge in [0.25, 0.3) is 11.6 Å². The molecular weight excluding hydrogens is 451 g/mol. The molecule has 3 rings (SSSR count). The highest BCUT2D eigenvalue weighted by atomic mass is 32.2. The van der Waals surface area contributed by atoms with Crippen LogP contribution in [0.2, 0.25) is 0 Å². The number of para-hydroxylation sites is 1. The summed E-state index contributed by atoms with van der Waals surface area (Å²) in [5, 5.41) is 19.5. The number of carbonyl (C=O) groups is 1. The zero-order valence-electron chi connectivity index (χ0n) is 16.7. The molecule has 0 aliphatic carbocycles. The molecule has 2 aromatic carbocycles. The normalized spacial score (nSPS) is 11.3. The Kier molecular flexibility index (Phi) is 6.67. The predicted octanol–water partition coefficient (Wildman–Crippen LogP) is 4.05. The van der Waals surface area contributed by atoms with Crippen molar-refractivity contribution in [1.82, 2.24) is 19.7 Å². The molecule has 0 bridgehead atoms. The second-order valence-electron chi connectivity index (χ2n) is 6.58. The van der Waals surface area contributed by atoms with Crippen LogP contribution in [-0.4, -0.2) is 43.9 Å². The third-order valence-corrected chi connectivity index (χ3v) is 5.34. The first-order valence-corrected chi connectivity index (χ1v) is 9.76. The van der Waals surface area contributed by atoms with Gasteiger partial charge in [-0.3, -0.25) is 14.9 Å². The molecule has 1 heterocycles. The van der Waals surface area contributed by atoms with Crippen LogP contribution >= 0.6 is 11.8 Å². The number of nitro groups is 1. The van der Waals surface area contributed by atoms with Crippen molar-refractivity contribution in [2.75, 3.05) is 7.05 Å². The molecule has 9 nitrogen and oxygen atoms in total. The smallest absolute Gasteiger partial charge is 0.405 e. The van der Waals surface area contributed by atoms with E-state index in [0.717, 1.165) is 28.8 Å². The Labute approximate surface area is 184 Å². The Morgan fingerprint density at radius 3 is 2.62 bits per heavy atom. The summed E-state index contributed by atoms with van der Waals surface area (Å²) in [7, 11) is 3.06. The van der Waals surface area contributed by atoms with Gasteiger partial charge in [0.1, 0.15) is 12.1 Å². The number of amides is 1. The molecule has 0 unspecified atom stereocenters. The molecule has 0 aliphatic rings. The van der Waals surface area contributed by atoms with E-state index < -0.39 is 22.9 Å². The largest absolute Gasteiger partial charge is 0.573 e. The van der Waals surface area contributed by atoms with Crippen LogP contribution in [0.5, 0.6) is 5.75 Å². The summed E-state index contributed by atoms with van der Waals surface area (Å²) in [6.45, 7) is -0.200. The average Bonchev–Trinajstić information content (AvgIpc) is 3.12. The predicted molar refractivity (Wildman–Crippen MR) is 107 cm³/mol. The Morgan fingerprint density at radius 2 is 2.00 bits per heavy atom. The van der Waals surface area contributed by atoms with Gasteiger partial charge in [-0.05, 0) is 30.0 Å². The summed E-state index contributed by atoms with van der Waals surface area (Å²) in [6.07, 6.45) is -3.43. The molecule has 1 aromatic heterocycles.